The standard InChI is InChI=1S/C25H35N3O5S/c1-26(2)34(30,31)24-17-23(33-5)22(32-4)15-20(24)16-25(29)27(3)21(18-28-13-9-10-14-28)19-11-7-6-8-12-19/h6-8,11-12,15,17,21H,9-10,13-14,16,18H2,1-5H3/t21-/m1/s1. The number of carbonyl (C=O) groups is 1. The monoisotopic (exact) mass is 489 g/mol. The number of nitrogens with zero attached hydrogens (tertiary/aromatic N) is 3. The van der Waals surface area contributed by atoms with Crippen LogP contribution in [0.25, 0.3) is 0 Å². The molecule has 0 unspecified atom stereocenters. The van der Waals surface area contributed by atoms with E-state index in [4.69, 9.17) is 9.47 Å². The summed E-state index contributed by atoms with van der Waals surface area (Å²) in [6.07, 6.45) is 2.25. The Kier molecular flexibility index (Phi) is 8.57. The van der Waals surface area contributed by atoms with Crippen molar-refractivity contribution in [1.29, 1.82) is 0 Å². The zero-order valence-corrected chi connectivity index (χ0v) is 21.5. The van der Waals surface area contributed by atoms with E-state index in [9.17, 15) is 13.2 Å². The van der Waals surface area contributed by atoms with Gasteiger partial charge in [-0.2, -0.15) is 0 Å². The molecule has 1 aliphatic heterocycles. The Morgan fingerprint density at radius 2 is 1.59 bits per heavy atom. The maximum Gasteiger partial charge on any atom is 0.242 e. The first-order valence-electron chi connectivity index (χ1n) is 11.4. The molecule has 0 saturated carbocycles. The second kappa shape index (κ2) is 11.2. The van der Waals surface area contributed by atoms with Crippen LogP contribution in [0.15, 0.2) is 47.4 Å². The zero-order chi connectivity index (χ0) is 24.9. The van der Waals surface area contributed by atoms with E-state index in [1.807, 2.05) is 30.3 Å². The van der Waals surface area contributed by atoms with Crippen LogP contribution in [0.1, 0.15) is 30.0 Å². The first-order chi connectivity index (χ1) is 16.2. The third-order valence-corrected chi connectivity index (χ3v) is 8.24. The minimum absolute atomic E-state index is 0.0349. The number of hydrogen-bond acceptors (Lipinski definition) is 6. The number of likely N-dealkylation sites (tertiary alicyclic amines) is 1. The van der Waals surface area contributed by atoms with Crippen molar-refractivity contribution in [2.75, 3.05) is 55.0 Å². The summed E-state index contributed by atoms with van der Waals surface area (Å²) in [6, 6.07) is 12.8. The highest BCUT2D eigenvalue weighted by atomic mass is 32.2. The molecule has 1 fully saturated rings. The number of likely N-dealkylation sites (N-methyl/N-ethyl adjacent to an activating group) is 1. The summed E-state index contributed by atoms with van der Waals surface area (Å²) >= 11 is 0. The van der Waals surface area contributed by atoms with Gasteiger partial charge in [-0.25, -0.2) is 12.7 Å². The van der Waals surface area contributed by atoms with Gasteiger partial charge >= 0.3 is 0 Å². The number of carbonyl (C=O) groups excluding carboxylic acids is 1. The largest absolute Gasteiger partial charge is 0.493 e. The molecule has 0 N–H and O–H groups in total. The van der Waals surface area contributed by atoms with Crippen LogP contribution >= 0.6 is 0 Å². The van der Waals surface area contributed by atoms with E-state index in [1.54, 1.807) is 18.0 Å². The minimum atomic E-state index is -3.81. The van der Waals surface area contributed by atoms with Gasteiger partial charge in [-0.05, 0) is 43.1 Å². The van der Waals surface area contributed by atoms with Crippen molar-refractivity contribution in [1.82, 2.24) is 14.1 Å². The molecule has 0 aromatic heterocycles. The minimum Gasteiger partial charge on any atom is -0.493 e. The number of benzene rings is 2. The van der Waals surface area contributed by atoms with Crippen molar-refractivity contribution in [3.05, 3.63) is 53.6 Å². The fourth-order valence-electron chi connectivity index (χ4n) is 4.28. The van der Waals surface area contributed by atoms with Gasteiger partial charge in [0.05, 0.1) is 31.6 Å². The number of rotatable bonds is 10. The molecule has 0 radical (unpaired) electrons. The third kappa shape index (κ3) is 5.71. The van der Waals surface area contributed by atoms with Gasteiger partial charge < -0.3 is 19.3 Å². The number of ether oxygens (including phenoxy) is 2. The van der Waals surface area contributed by atoms with Crippen molar-refractivity contribution >= 4 is 15.9 Å². The van der Waals surface area contributed by atoms with Crippen LogP contribution < -0.4 is 9.47 Å². The molecule has 0 aliphatic carbocycles. The van der Waals surface area contributed by atoms with E-state index in [0.717, 1.165) is 42.3 Å². The highest BCUT2D eigenvalue weighted by Crippen LogP contribution is 2.34. The second-order valence-corrected chi connectivity index (χ2v) is 10.8. The lowest BCUT2D eigenvalue weighted by atomic mass is 10.0. The molecule has 1 atom stereocenters. The Hall–Kier alpha value is -2.62. The lowest BCUT2D eigenvalue weighted by Crippen LogP contribution is -2.39. The van der Waals surface area contributed by atoms with E-state index in [-0.39, 0.29) is 23.3 Å². The van der Waals surface area contributed by atoms with Gasteiger partial charge in [-0.3, -0.25) is 4.79 Å². The number of methoxy groups -OCH3 is 2. The van der Waals surface area contributed by atoms with Gasteiger partial charge in [0, 0.05) is 33.8 Å². The molecule has 2 aromatic rings. The van der Waals surface area contributed by atoms with E-state index in [2.05, 4.69) is 4.90 Å². The molecule has 8 nitrogen and oxygen atoms in total. The lowest BCUT2D eigenvalue weighted by Gasteiger charge is -2.32. The maximum absolute atomic E-state index is 13.5. The molecule has 34 heavy (non-hydrogen) atoms. The summed E-state index contributed by atoms with van der Waals surface area (Å²) < 4.78 is 38.0. The molecule has 1 amide bonds. The van der Waals surface area contributed by atoms with Gasteiger partial charge in [0.1, 0.15) is 0 Å². The van der Waals surface area contributed by atoms with Gasteiger partial charge in [0.2, 0.25) is 15.9 Å². The summed E-state index contributed by atoms with van der Waals surface area (Å²) in [5.41, 5.74) is 1.43. The average molecular weight is 490 g/mol. The molecular formula is C25H35N3O5S. The molecule has 9 heteroatoms. The van der Waals surface area contributed by atoms with Crippen LogP contribution in [-0.2, 0) is 21.2 Å². The molecule has 186 valence electrons. The quantitative estimate of drug-likeness (QED) is 0.511. The van der Waals surface area contributed by atoms with E-state index in [1.165, 1.54) is 34.4 Å². The number of hydrogen-bond donors (Lipinski definition) is 0. The van der Waals surface area contributed by atoms with Crippen molar-refractivity contribution in [2.24, 2.45) is 0 Å². The van der Waals surface area contributed by atoms with Gasteiger partial charge in [-0.1, -0.05) is 30.3 Å². The summed E-state index contributed by atoms with van der Waals surface area (Å²) in [5.74, 6) is 0.501. The summed E-state index contributed by atoms with van der Waals surface area (Å²) in [4.78, 5) is 17.7. The van der Waals surface area contributed by atoms with Gasteiger partial charge in [-0.15, -0.1) is 0 Å². The van der Waals surface area contributed by atoms with E-state index >= 15 is 0 Å². The van der Waals surface area contributed by atoms with E-state index < -0.39 is 10.0 Å². The summed E-state index contributed by atoms with van der Waals surface area (Å²) in [6.45, 7) is 2.78. The number of sulfonamides is 1. The topological polar surface area (TPSA) is 79.4 Å². The molecule has 0 bridgehead atoms. The van der Waals surface area contributed by atoms with E-state index in [0.29, 0.717) is 17.1 Å². The Balaban J connectivity index is 1.96. The molecule has 1 saturated heterocycles. The molecule has 1 heterocycles. The zero-order valence-electron chi connectivity index (χ0n) is 20.7. The fraction of sp³-hybridized carbons (Fsp3) is 0.480. The SMILES string of the molecule is COc1cc(CC(=O)N(C)[C@H](CN2CCCC2)c2ccccc2)c(S(=O)(=O)N(C)C)cc1OC. The second-order valence-electron chi connectivity index (χ2n) is 8.72. The Bertz CT molecular complexity index is 1080. The molecule has 0 spiro atoms. The average Bonchev–Trinajstić information content (AvgIpc) is 3.35. The highest BCUT2D eigenvalue weighted by molar-refractivity contribution is 7.89. The summed E-state index contributed by atoms with van der Waals surface area (Å²) in [5, 5.41) is 0. The first kappa shape index (κ1) is 26.0. The van der Waals surface area contributed by atoms with Crippen molar-refractivity contribution in [3.8, 4) is 11.5 Å². The highest BCUT2D eigenvalue weighted by Gasteiger charge is 2.29. The molecule has 1 aliphatic rings. The maximum atomic E-state index is 13.5. The lowest BCUT2D eigenvalue weighted by molar-refractivity contribution is -0.131. The van der Waals surface area contributed by atoms with Crippen LogP contribution in [0, 0.1) is 0 Å². The predicted octanol–water partition coefficient (Wildman–Crippen LogP) is 2.79. The normalized spacial score (nSPS) is 15.4. The van der Waals surface area contributed by atoms with Crippen LogP contribution in [0.3, 0.4) is 0 Å². The third-order valence-electron chi connectivity index (χ3n) is 6.34. The first-order valence-corrected chi connectivity index (χ1v) is 12.8. The predicted molar refractivity (Wildman–Crippen MR) is 132 cm³/mol. The molecule has 2 aromatic carbocycles. The van der Waals surface area contributed by atoms with Crippen LogP contribution in [-0.4, -0.2) is 83.4 Å². The summed E-state index contributed by atoms with van der Waals surface area (Å²) in [7, 11) is 3.84. The Morgan fingerprint density at radius 3 is 2.15 bits per heavy atom. The van der Waals surface area contributed by atoms with Crippen molar-refractivity contribution < 1.29 is 22.7 Å². The van der Waals surface area contributed by atoms with Crippen LogP contribution in [0.4, 0.5) is 0 Å². The van der Waals surface area contributed by atoms with Crippen LogP contribution in [0.5, 0.6) is 11.5 Å². The fourth-order valence-corrected chi connectivity index (χ4v) is 5.39. The van der Waals surface area contributed by atoms with Crippen LogP contribution in [0.2, 0.25) is 0 Å². The number of amides is 1. The van der Waals surface area contributed by atoms with Gasteiger partial charge in [0.25, 0.3) is 0 Å². The molecular weight excluding hydrogens is 454 g/mol. The molecule has 3 rings (SSSR count). The smallest absolute Gasteiger partial charge is 0.242 e. The van der Waals surface area contributed by atoms with Crippen molar-refractivity contribution in [3.63, 3.8) is 0 Å². The van der Waals surface area contributed by atoms with Crippen molar-refractivity contribution in [2.45, 2.75) is 30.2 Å². The Morgan fingerprint density at radius 1 is 1.00 bits per heavy atom. The van der Waals surface area contributed by atoms with Gasteiger partial charge in [0.15, 0.2) is 11.5 Å². The Labute approximate surface area is 203 Å².